The largest absolute Gasteiger partial charge is 0.298 e. The van der Waals surface area contributed by atoms with E-state index in [1.807, 2.05) is 0 Å². The Morgan fingerprint density at radius 2 is 1.08 bits per heavy atom. The molecule has 2 heterocycles. The van der Waals surface area contributed by atoms with E-state index in [4.69, 9.17) is 23.2 Å². The van der Waals surface area contributed by atoms with Crippen LogP contribution in [0.2, 0.25) is 0 Å². The van der Waals surface area contributed by atoms with Crippen LogP contribution in [0.15, 0.2) is 0 Å². The molecule has 4 nitrogen and oxygen atoms in total. The van der Waals surface area contributed by atoms with Gasteiger partial charge in [-0.3, -0.25) is 19.4 Å². The lowest BCUT2D eigenvalue weighted by Gasteiger charge is -2.68. The minimum absolute atomic E-state index is 0.00306. The first-order valence-corrected chi connectivity index (χ1v) is 10.9. The average Bonchev–Trinajstić information content (AvgIpc) is 2.66. The predicted octanol–water partition coefficient (Wildman–Crippen LogP) is 2.56. The lowest BCUT2D eigenvalue weighted by molar-refractivity contribution is -0.202. The van der Waals surface area contributed by atoms with E-state index in [-0.39, 0.29) is 35.5 Å². The summed E-state index contributed by atoms with van der Waals surface area (Å²) >= 11 is 12.3. The third-order valence-electron chi connectivity index (χ3n) is 7.08. The second-order valence-corrected chi connectivity index (χ2v) is 8.82. The summed E-state index contributed by atoms with van der Waals surface area (Å²) in [7, 11) is 0. The number of nitrogens with zero attached hydrogens (tertiary/aromatic N) is 2. The van der Waals surface area contributed by atoms with Gasteiger partial charge >= 0.3 is 0 Å². The first-order valence-electron chi connectivity index (χ1n) is 9.86. The molecule has 0 aromatic carbocycles. The first-order chi connectivity index (χ1) is 12.2. The summed E-state index contributed by atoms with van der Waals surface area (Å²) in [5.74, 6) is 0.472. The Balaban J connectivity index is 1.67. The van der Waals surface area contributed by atoms with Gasteiger partial charge in [-0.2, -0.15) is 0 Å². The summed E-state index contributed by atoms with van der Waals surface area (Å²) in [5, 5.41) is 0. The lowest BCUT2D eigenvalue weighted by Crippen LogP contribution is -2.86. The van der Waals surface area contributed by atoms with Crippen LogP contribution in [0.1, 0.15) is 38.5 Å². The van der Waals surface area contributed by atoms with Gasteiger partial charge in [0.2, 0.25) is 0 Å². The van der Waals surface area contributed by atoms with Crippen molar-refractivity contribution in [3.05, 3.63) is 0 Å². The number of alkyl halides is 2. The molecule has 4 aliphatic rings. The normalized spacial score (nSPS) is 43.1. The molecule has 1 spiro atoms. The Kier molecular flexibility index (Phi) is 5.18. The molecular formula is C19H28Cl2N2O2. The first kappa shape index (κ1) is 18.2. The number of piperidine rings is 2. The van der Waals surface area contributed by atoms with Gasteiger partial charge in [-0.25, -0.2) is 0 Å². The van der Waals surface area contributed by atoms with E-state index in [1.165, 1.54) is 12.8 Å². The van der Waals surface area contributed by atoms with Gasteiger partial charge in [0, 0.05) is 35.7 Å². The number of carbonyl (C=O) groups excluding carboxylic acids is 2. The number of carbonyl (C=O) groups is 2. The second kappa shape index (κ2) is 7.10. The molecule has 0 aromatic heterocycles. The number of halogens is 2. The zero-order valence-corrected chi connectivity index (χ0v) is 16.3. The third-order valence-corrected chi connectivity index (χ3v) is 7.75. The maximum Gasteiger partial charge on any atom is 0.155 e. The number of rotatable bonds is 4. The highest BCUT2D eigenvalue weighted by Gasteiger charge is 2.79. The second-order valence-electron chi connectivity index (χ2n) is 8.20. The van der Waals surface area contributed by atoms with E-state index in [0.29, 0.717) is 11.8 Å². The summed E-state index contributed by atoms with van der Waals surface area (Å²) in [6.45, 7) is 3.94. The molecule has 2 aliphatic heterocycles. The van der Waals surface area contributed by atoms with E-state index in [9.17, 15) is 9.59 Å². The molecule has 0 bridgehead atoms. The molecule has 0 N–H and O–H groups in total. The quantitative estimate of drug-likeness (QED) is 0.549. The van der Waals surface area contributed by atoms with Gasteiger partial charge < -0.3 is 0 Å². The molecule has 0 amide bonds. The van der Waals surface area contributed by atoms with Crippen molar-refractivity contribution in [2.24, 2.45) is 17.3 Å². The molecule has 140 valence electrons. The molecule has 0 aromatic rings. The molecule has 4 fully saturated rings. The maximum atomic E-state index is 13.2. The van der Waals surface area contributed by atoms with Crippen molar-refractivity contribution < 1.29 is 9.59 Å². The Hall–Kier alpha value is -0.160. The van der Waals surface area contributed by atoms with Crippen molar-refractivity contribution in [1.29, 1.82) is 0 Å². The number of hydrogen-bond acceptors (Lipinski definition) is 4. The van der Waals surface area contributed by atoms with E-state index in [1.54, 1.807) is 0 Å². The monoisotopic (exact) mass is 386 g/mol. The van der Waals surface area contributed by atoms with E-state index in [0.717, 1.165) is 51.9 Å². The van der Waals surface area contributed by atoms with Gasteiger partial charge in [0.1, 0.15) is 5.41 Å². The van der Waals surface area contributed by atoms with Crippen LogP contribution < -0.4 is 0 Å². The van der Waals surface area contributed by atoms with Crippen LogP contribution in [0.5, 0.6) is 0 Å². The van der Waals surface area contributed by atoms with Gasteiger partial charge in [0.25, 0.3) is 0 Å². The summed E-state index contributed by atoms with van der Waals surface area (Å²) in [4.78, 5) is 31.1. The van der Waals surface area contributed by atoms with Gasteiger partial charge in [0.05, 0.1) is 0 Å². The molecule has 4 unspecified atom stereocenters. The van der Waals surface area contributed by atoms with Gasteiger partial charge in [-0.15, -0.1) is 23.2 Å². The number of ketones is 2. The van der Waals surface area contributed by atoms with E-state index < -0.39 is 5.41 Å². The van der Waals surface area contributed by atoms with E-state index in [2.05, 4.69) is 9.80 Å². The molecule has 4 atom stereocenters. The van der Waals surface area contributed by atoms with Crippen LogP contribution in [0, 0.1) is 17.3 Å². The molecule has 0 radical (unpaired) electrons. The van der Waals surface area contributed by atoms with Crippen LogP contribution in [0.4, 0.5) is 0 Å². The SMILES string of the molecule is O=C1C(CCl)C(N2CCCCC2)C12C(=O)C(CCl)C2N1CCCCC1. The lowest BCUT2D eigenvalue weighted by atomic mass is 9.40. The highest BCUT2D eigenvalue weighted by atomic mass is 35.5. The van der Waals surface area contributed by atoms with Crippen molar-refractivity contribution in [3.8, 4) is 0 Å². The number of hydrogen-bond donors (Lipinski definition) is 0. The number of Topliss-reactive ketones (excluding diaryl/α,β-unsaturated/α-hetero) is 2. The molecule has 4 rings (SSSR count). The fraction of sp³-hybridized carbons (Fsp3) is 0.895. The van der Waals surface area contributed by atoms with Crippen molar-refractivity contribution in [1.82, 2.24) is 9.80 Å². The number of likely N-dealkylation sites (tertiary alicyclic amines) is 2. The van der Waals surface area contributed by atoms with Gasteiger partial charge in [-0.1, -0.05) is 12.8 Å². The topological polar surface area (TPSA) is 40.6 Å². The minimum atomic E-state index is -0.839. The maximum absolute atomic E-state index is 13.2. The average molecular weight is 387 g/mol. The smallest absolute Gasteiger partial charge is 0.155 e. The van der Waals surface area contributed by atoms with Crippen molar-refractivity contribution in [2.45, 2.75) is 50.6 Å². The van der Waals surface area contributed by atoms with Crippen molar-refractivity contribution in [3.63, 3.8) is 0 Å². The molecule has 2 saturated heterocycles. The highest BCUT2D eigenvalue weighted by Crippen LogP contribution is 2.60. The standard InChI is InChI=1S/C19H28Cl2N2O2/c20-11-13-15(22-7-3-1-4-8-22)19(17(13)24)16(14(12-21)18(19)25)23-9-5-2-6-10-23/h13-16H,1-12H2. The van der Waals surface area contributed by atoms with Crippen molar-refractivity contribution >= 4 is 34.8 Å². The van der Waals surface area contributed by atoms with Crippen molar-refractivity contribution in [2.75, 3.05) is 37.9 Å². The Morgan fingerprint density at radius 1 is 0.720 bits per heavy atom. The van der Waals surface area contributed by atoms with Crippen LogP contribution >= 0.6 is 23.2 Å². The summed E-state index contributed by atoms with van der Waals surface area (Å²) in [5.41, 5.74) is -0.839. The fourth-order valence-corrected chi connectivity index (χ4v) is 6.63. The summed E-state index contributed by atoms with van der Waals surface area (Å²) in [6.07, 6.45) is 7.08. The van der Waals surface area contributed by atoms with Gasteiger partial charge in [-0.05, 0) is 51.9 Å². The highest BCUT2D eigenvalue weighted by molar-refractivity contribution is 6.27. The van der Waals surface area contributed by atoms with Crippen LogP contribution in [0.25, 0.3) is 0 Å². The Bertz CT molecular complexity index is 496. The van der Waals surface area contributed by atoms with Gasteiger partial charge in [0.15, 0.2) is 11.6 Å². The Morgan fingerprint density at radius 3 is 1.40 bits per heavy atom. The zero-order chi connectivity index (χ0) is 17.6. The molecular weight excluding hydrogens is 359 g/mol. The van der Waals surface area contributed by atoms with E-state index >= 15 is 0 Å². The Labute approximate surface area is 160 Å². The van der Waals surface area contributed by atoms with Crippen LogP contribution in [-0.4, -0.2) is 71.4 Å². The van der Waals surface area contributed by atoms with Crippen LogP contribution in [0.3, 0.4) is 0 Å². The third kappa shape index (κ3) is 2.47. The minimum Gasteiger partial charge on any atom is -0.298 e. The molecule has 2 aliphatic carbocycles. The molecule has 2 saturated carbocycles. The molecule has 6 heteroatoms. The molecule has 25 heavy (non-hydrogen) atoms. The van der Waals surface area contributed by atoms with Crippen LogP contribution in [-0.2, 0) is 9.59 Å². The fourth-order valence-electron chi connectivity index (χ4n) is 6.01. The predicted molar refractivity (Wildman–Crippen MR) is 99.3 cm³/mol. The summed E-state index contributed by atoms with van der Waals surface area (Å²) in [6, 6.07) is -0.00612. The zero-order valence-electron chi connectivity index (χ0n) is 14.8. The summed E-state index contributed by atoms with van der Waals surface area (Å²) < 4.78 is 0.